The van der Waals surface area contributed by atoms with Gasteiger partial charge in [0.2, 0.25) is 9.84 Å². The third kappa shape index (κ3) is 1.86. The summed E-state index contributed by atoms with van der Waals surface area (Å²) in [6, 6.07) is 0. The second kappa shape index (κ2) is 4.16. The molecule has 1 aliphatic rings. The summed E-state index contributed by atoms with van der Waals surface area (Å²) in [5.41, 5.74) is 0. The molecular weight excluding hydrogens is 226 g/mol. The minimum absolute atomic E-state index is 0.0168. The van der Waals surface area contributed by atoms with E-state index in [2.05, 4.69) is 10.1 Å². The van der Waals surface area contributed by atoms with Gasteiger partial charge in [-0.15, -0.1) is 5.10 Å². The molecule has 0 fully saturated rings. The van der Waals surface area contributed by atoms with Crippen LogP contribution in [0.1, 0.15) is 38.9 Å². The Hall–Kier alpha value is -0.910. The predicted molar refractivity (Wildman–Crippen MR) is 59.9 cm³/mol. The van der Waals surface area contributed by atoms with Crippen LogP contribution in [0.3, 0.4) is 0 Å². The van der Waals surface area contributed by atoms with E-state index in [4.69, 9.17) is 0 Å². The molecule has 0 aliphatic carbocycles. The zero-order valence-electron chi connectivity index (χ0n) is 9.68. The summed E-state index contributed by atoms with van der Waals surface area (Å²) < 4.78 is 25.9. The van der Waals surface area contributed by atoms with E-state index in [1.165, 1.54) is 0 Å². The van der Waals surface area contributed by atoms with E-state index in [1.54, 1.807) is 11.6 Å². The smallest absolute Gasteiger partial charge is 0.249 e. The van der Waals surface area contributed by atoms with E-state index in [9.17, 15) is 8.42 Å². The Morgan fingerprint density at radius 2 is 2.25 bits per heavy atom. The van der Waals surface area contributed by atoms with Gasteiger partial charge < -0.3 is 0 Å². The standard InChI is InChI=1S/C10H17N3O2S/c1-3-5-8(2)16(14,15)10-11-9-6-4-7-13(9)12-10/h8H,3-7H2,1-2H3. The van der Waals surface area contributed by atoms with Crippen LogP contribution in [0, 0.1) is 0 Å². The van der Waals surface area contributed by atoms with Crippen molar-refractivity contribution in [2.75, 3.05) is 0 Å². The second-order valence-electron chi connectivity index (χ2n) is 4.28. The summed E-state index contributed by atoms with van der Waals surface area (Å²) in [4.78, 5) is 4.13. The minimum Gasteiger partial charge on any atom is -0.249 e. The quantitative estimate of drug-likeness (QED) is 0.796. The molecule has 0 saturated heterocycles. The van der Waals surface area contributed by atoms with Crippen molar-refractivity contribution in [3.05, 3.63) is 5.82 Å². The average Bonchev–Trinajstić information content (AvgIpc) is 2.76. The first-order valence-corrected chi connectivity index (χ1v) is 7.28. The van der Waals surface area contributed by atoms with Crippen LogP contribution in [0.15, 0.2) is 5.16 Å². The summed E-state index contributed by atoms with van der Waals surface area (Å²) >= 11 is 0. The Balaban J connectivity index is 2.29. The Kier molecular flexibility index (Phi) is 3.01. The zero-order chi connectivity index (χ0) is 11.8. The highest BCUT2D eigenvalue weighted by Crippen LogP contribution is 2.19. The topological polar surface area (TPSA) is 64.8 Å². The van der Waals surface area contributed by atoms with Gasteiger partial charge >= 0.3 is 0 Å². The summed E-state index contributed by atoms with van der Waals surface area (Å²) in [6.07, 6.45) is 3.37. The van der Waals surface area contributed by atoms with E-state index in [0.29, 0.717) is 6.42 Å². The van der Waals surface area contributed by atoms with Gasteiger partial charge in [0.15, 0.2) is 0 Å². The van der Waals surface area contributed by atoms with Gasteiger partial charge in [-0.1, -0.05) is 13.3 Å². The zero-order valence-corrected chi connectivity index (χ0v) is 10.5. The molecule has 0 radical (unpaired) electrons. The highest BCUT2D eigenvalue weighted by molar-refractivity contribution is 7.91. The van der Waals surface area contributed by atoms with Gasteiger partial charge in [0.25, 0.3) is 5.16 Å². The van der Waals surface area contributed by atoms with Crippen molar-refractivity contribution >= 4 is 9.84 Å². The molecular formula is C10H17N3O2S. The fourth-order valence-electron chi connectivity index (χ4n) is 1.96. The van der Waals surface area contributed by atoms with Crippen molar-refractivity contribution < 1.29 is 8.42 Å². The predicted octanol–water partition coefficient (Wildman–Crippen LogP) is 1.19. The number of fused-ring (bicyclic) bond motifs is 1. The molecule has 1 aromatic rings. The Bertz CT molecular complexity index is 457. The lowest BCUT2D eigenvalue weighted by Gasteiger charge is -2.07. The number of hydrogen-bond donors (Lipinski definition) is 0. The van der Waals surface area contributed by atoms with E-state index in [-0.39, 0.29) is 10.4 Å². The molecule has 1 unspecified atom stereocenters. The first-order valence-electron chi connectivity index (χ1n) is 5.73. The molecule has 5 nitrogen and oxygen atoms in total. The molecule has 16 heavy (non-hydrogen) atoms. The minimum atomic E-state index is -3.32. The first-order chi connectivity index (χ1) is 7.55. The van der Waals surface area contributed by atoms with Gasteiger partial charge in [-0.2, -0.15) is 0 Å². The molecule has 0 spiro atoms. The van der Waals surface area contributed by atoms with Crippen LogP contribution in [0.2, 0.25) is 0 Å². The molecule has 90 valence electrons. The first kappa shape index (κ1) is 11.6. The van der Waals surface area contributed by atoms with Gasteiger partial charge in [0.1, 0.15) is 5.82 Å². The lowest BCUT2D eigenvalue weighted by molar-refractivity contribution is 0.558. The maximum absolute atomic E-state index is 12.1. The molecule has 2 heterocycles. The van der Waals surface area contributed by atoms with Crippen LogP contribution in [0.25, 0.3) is 0 Å². The molecule has 0 aromatic carbocycles. The van der Waals surface area contributed by atoms with Crippen LogP contribution in [-0.4, -0.2) is 28.4 Å². The molecule has 1 aromatic heterocycles. The lowest BCUT2D eigenvalue weighted by atomic mass is 10.3. The number of hydrogen-bond acceptors (Lipinski definition) is 4. The van der Waals surface area contributed by atoms with Crippen molar-refractivity contribution in [3.8, 4) is 0 Å². The number of aryl methyl sites for hydroxylation is 2. The van der Waals surface area contributed by atoms with Crippen LogP contribution < -0.4 is 0 Å². The third-order valence-electron chi connectivity index (χ3n) is 2.98. The SMILES string of the molecule is CCCC(C)S(=O)(=O)c1nc2n(n1)CCC2. The van der Waals surface area contributed by atoms with Crippen molar-refractivity contribution in [1.82, 2.24) is 14.8 Å². The lowest BCUT2D eigenvalue weighted by Crippen LogP contribution is -2.19. The van der Waals surface area contributed by atoms with Crippen molar-refractivity contribution in [1.29, 1.82) is 0 Å². The molecule has 6 heteroatoms. The second-order valence-corrected chi connectivity index (χ2v) is 6.54. The van der Waals surface area contributed by atoms with Gasteiger partial charge in [-0.05, 0) is 19.8 Å². The van der Waals surface area contributed by atoms with Crippen molar-refractivity contribution in [3.63, 3.8) is 0 Å². The molecule has 0 amide bonds. The van der Waals surface area contributed by atoms with Gasteiger partial charge in [0.05, 0.1) is 5.25 Å². The van der Waals surface area contributed by atoms with Crippen molar-refractivity contribution in [2.24, 2.45) is 0 Å². The van der Waals surface area contributed by atoms with Gasteiger partial charge in [-0.3, -0.25) is 0 Å². The molecule has 2 rings (SSSR count). The number of rotatable bonds is 4. The van der Waals surface area contributed by atoms with Crippen LogP contribution in [-0.2, 0) is 22.8 Å². The Morgan fingerprint density at radius 1 is 1.50 bits per heavy atom. The van der Waals surface area contributed by atoms with E-state index < -0.39 is 9.84 Å². The fraction of sp³-hybridized carbons (Fsp3) is 0.800. The molecule has 0 saturated carbocycles. The molecule has 0 bridgehead atoms. The van der Waals surface area contributed by atoms with Crippen LogP contribution >= 0.6 is 0 Å². The normalized spacial score (nSPS) is 17.4. The summed E-state index contributed by atoms with van der Waals surface area (Å²) in [5.74, 6) is 0.808. The molecule has 0 N–H and O–H groups in total. The largest absolute Gasteiger partial charge is 0.267 e. The average molecular weight is 243 g/mol. The van der Waals surface area contributed by atoms with E-state index >= 15 is 0 Å². The summed E-state index contributed by atoms with van der Waals surface area (Å²) in [5, 5.41) is 3.71. The molecule has 1 aliphatic heterocycles. The number of aromatic nitrogens is 3. The maximum Gasteiger partial charge on any atom is 0.267 e. The number of sulfone groups is 1. The number of nitrogens with zero attached hydrogens (tertiary/aromatic N) is 3. The Morgan fingerprint density at radius 3 is 2.88 bits per heavy atom. The van der Waals surface area contributed by atoms with Crippen molar-refractivity contribution in [2.45, 2.75) is 56.5 Å². The fourth-order valence-corrected chi connectivity index (χ4v) is 3.32. The highest BCUT2D eigenvalue weighted by atomic mass is 32.2. The van der Waals surface area contributed by atoms with Crippen LogP contribution in [0.4, 0.5) is 0 Å². The summed E-state index contributed by atoms with van der Waals surface area (Å²) in [7, 11) is -3.32. The molecule has 1 atom stereocenters. The highest BCUT2D eigenvalue weighted by Gasteiger charge is 2.29. The maximum atomic E-state index is 12.1. The monoisotopic (exact) mass is 243 g/mol. The van der Waals surface area contributed by atoms with E-state index in [1.807, 2.05) is 6.92 Å². The van der Waals surface area contributed by atoms with E-state index in [0.717, 1.165) is 31.6 Å². The summed E-state index contributed by atoms with van der Waals surface area (Å²) in [6.45, 7) is 4.50. The van der Waals surface area contributed by atoms with Gasteiger partial charge in [0, 0.05) is 13.0 Å². The third-order valence-corrected chi connectivity index (χ3v) is 4.96. The van der Waals surface area contributed by atoms with Gasteiger partial charge in [-0.25, -0.2) is 18.1 Å². The Labute approximate surface area is 95.8 Å². The van der Waals surface area contributed by atoms with Crippen LogP contribution in [0.5, 0.6) is 0 Å².